The average molecular weight is 237 g/mol. The number of aromatic amines is 1. The molecule has 0 aromatic carbocycles. The van der Waals surface area contributed by atoms with Gasteiger partial charge in [-0.1, -0.05) is 0 Å². The van der Waals surface area contributed by atoms with Crippen LogP contribution >= 0.6 is 0 Å². The highest BCUT2D eigenvalue weighted by Crippen LogP contribution is 2.38. The third kappa shape index (κ3) is 2.49. The molecule has 0 bridgehead atoms. The lowest BCUT2D eigenvalue weighted by Crippen LogP contribution is -2.45. The summed E-state index contributed by atoms with van der Waals surface area (Å²) in [6, 6.07) is 1.48. The smallest absolute Gasteiger partial charge is 0.252 e. The van der Waals surface area contributed by atoms with Crippen molar-refractivity contribution in [3.8, 4) is 0 Å². The highest BCUT2D eigenvalue weighted by atomic mass is 16.3. The molecule has 0 atom stereocenters. The molecule has 1 aliphatic rings. The predicted octanol–water partition coefficient (Wildman–Crippen LogP) is 0.854. The van der Waals surface area contributed by atoms with E-state index in [-0.39, 0.29) is 12.2 Å². The molecule has 1 aromatic rings. The lowest BCUT2D eigenvalue weighted by molar-refractivity contribution is 0.215. The maximum Gasteiger partial charge on any atom is 0.252 e. The highest BCUT2D eigenvalue weighted by Gasteiger charge is 2.29. The maximum absolute atomic E-state index is 11.6. The van der Waals surface area contributed by atoms with Crippen molar-refractivity contribution in [3.05, 3.63) is 22.2 Å². The van der Waals surface area contributed by atoms with E-state index in [1.807, 2.05) is 25.8 Å². The van der Waals surface area contributed by atoms with Gasteiger partial charge in [0.15, 0.2) is 0 Å². The molecule has 5 nitrogen and oxygen atoms in total. The fourth-order valence-corrected chi connectivity index (χ4v) is 1.60. The van der Waals surface area contributed by atoms with E-state index in [4.69, 9.17) is 0 Å². The van der Waals surface area contributed by atoms with Crippen LogP contribution in [-0.4, -0.2) is 34.3 Å². The maximum atomic E-state index is 11.6. The SMILES string of the molecule is CN(c1cc(=O)[nH]c(C2CC2)n1)C(C)(C)CO. The number of H-pyrrole nitrogens is 1. The van der Waals surface area contributed by atoms with Gasteiger partial charge in [0, 0.05) is 19.0 Å². The van der Waals surface area contributed by atoms with Crippen LogP contribution in [0.5, 0.6) is 0 Å². The minimum absolute atomic E-state index is 0.0107. The van der Waals surface area contributed by atoms with Crippen LogP contribution in [0.2, 0.25) is 0 Å². The Bertz CT molecular complexity index is 463. The number of rotatable bonds is 4. The summed E-state index contributed by atoms with van der Waals surface area (Å²) in [5, 5.41) is 9.33. The standard InChI is InChI=1S/C12H19N3O2/c1-12(2,7-16)15(3)9-6-10(17)14-11(13-9)8-4-5-8/h6,8,16H,4-5,7H2,1-3H3,(H,13,14,17). The van der Waals surface area contributed by atoms with E-state index < -0.39 is 5.54 Å². The van der Waals surface area contributed by atoms with Gasteiger partial charge in [0.2, 0.25) is 0 Å². The van der Waals surface area contributed by atoms with E-state index in [1.165, 1.54) is 6.07 Å². The van der Waals surface area contributed by atoms with Crippen molar-refractivity contribution in [3.63, 3.8) is 0 Å². The van der Waals surface area contributed by atoms with Gasteiger partial charge in [0.1, 0.15) is 11.6 Å². The molecule has 0 radical (unpaired) electrons. The Kier molecular flexibility index (Phi) is 2.95. The van der Waals surface area contributed by atoms with E-state index in [0.717, 1.165) is 18.7 Å². The minimum Gasteiger partial charge on any atom is -0.394 e. The lowest BCUT2D eigenvalue weighted by Gasteiger charge is -2.34. The quantitative estimate of drug-likeness (QED) is 0.814. The van der Waals surface area contributed by atoms with E-state index >= 15 is 0 Å². The fraction of sp³-hybridized carbons (Fsp3) is 0.667. The largest absolute Gasteiger partial charge is 0.394 e. The predicted molar refractivity (Wildman–Crippen MR) is 66.4 cm³/mol. The summed E-state index contributed by atoms with van der Waals surface area (Å²) in [7, 11) is 1.84. The first-order valence-electron chi connectivity index (χ1n) is 5.90. The molecule has 1 aromatic heterocycles. The van der Waals surface area contributed by atoms with Crippen molar-refractivity contribution in [1.29, 1.82) is 0 Å². The van der Waals surface area contributed by atoms with Crippen LogP contribution in [0.3, 0.4) is 0 Å². The normalized spacial score (nSPS) is 16.0. The van der Waals surface area contributed by atoms with Gasteiger partial charge >= 0.3 is 0 Å². The van der Waals surface area contributed by atoms with Crippen LogP contribution in [0.25, 0.3) is 0 Å². The Hall–Kier alpha value is -1.36. The van der Waals surface area contributed by atoms with Crippen molar-refractivity contribution < 1.29 is 5.11 Å². The molecule has 1 saturated carbocycles. The lowest BCUT2D eigenvalue weighted by atomic mass is 10.1. The summed E-state index contributed by atoms with van der Waals surface area (Å²) in [6.07, 6.45) is 2.19. The molecule has 1 aliphatic carbocycles. The Morgan fingerprint density at radius 2 is 2.24 bits per heavy atom. The zero-order chi connectivity index (χ0) is 12.6. The Morgan fingerprint density at radius 1 is 1.59 bits per heavy atom. The second-order valence-corrected chi connectivity index (χ2v) is 5.29. The Morgan fingerprint density at radius 3 is 2.76 bits per heavy atom. The van der Waals surface area contributed by atoms with E-state index in [2.05, 4.69) is 9.97 Å². The number of aromatic nitrogens is 2. The third-order valence-corrected chi connectivity index (χ3v) is 3.35. The van der Waals surface area contributed by atoms with Gasteiger partial charge in [-0.2, -0.15) is 0 Å². The summed E-state index contributed by atoms with van der Waals surface area (Å²) >= 11 is 0. The number of likely N-dealkylation sites (N-methyl/N-ethyl adjacent to an activating group) is 1. The van der Waals surface area contributed by atoms with Gasteiger partial charge in [-0.05, 0) is 26.7 Å². The zero-order valence-corrected chi connectivity index (χ0v) is 10.5. The Balaban J connectivity index is 2.34. The number of aliphatic hydroxyl groups excluding tert-OH is 1. The third-order valence-electron chi connectivity index (χ3n) is 3.35. The number of nitrogens with one attached hydrogen (secondary N) is 1. The molecule has 2 N–H and O–H groups in total. The number of nitrogens with zero attached hydrogens (tertiary/aromatic N) is 2. The molecule has 1 heterocycles. The van der Waals surface area contributed by atoms with Crippen LogP contribution in [0.1, 0.15) is 38.4 Å². The molecule has 0 unspecified atom stereocenters. The van der Waals surface area contributed by atoms with Crippen LogP contribution in [0.4, 0.5) is 5.82 Å². The summed E-state index contributed by atoms with van der Waals surface area (Å²) in [5.41, 5.74) is -0.556. The molecule has 17 heavy (non-hydrogen) atoms. The first kappa shape index (κ1) is 12.1. The average Bonchev–Trinajstić information content (AvgIpc) is 3.11. The first-order chi connectivity index (χ1) is 7.94. The molecule has 0 aliphatic heterocycles. The van der Waals surface area contributed by atoms with Crippen LogP contribution in [-0.2, 0) is 0 Å². The highest BCUT2D eigenvalue weighted by molar-refractivity contribution is 5.40. The summed E-state index contributed by atoms with van der Waals surface area (Å²) in [6.45, 7) is 3.83. The van der Waals surface area contributed by atoms with Crippen LogP contribution in [0, 0.1) is 0 Å². The monoisotopic (exact) mass is 237 g/mol. The Labute approximate surface area is 100 Å². The number of hydrogen-bond donors (Lipinski definition) is 2. The van der Waals surface area contributed by atoms with Crippen molar-refractivity contribution in [2.75, 3.05) is 18.6 Å². The van der Waals surface area contributed by atoms with Crippen molar-refractivity contribution in [2.45, 2.75) is 38.1 Å². The molecular weight excluding hydrogens is 218 g/mol. The number of anilines is 1. The molecule has 2 rings (SSSR count). The van der Waals surface area contributed by atoms with Gasteiger partial charge in [0.05, 0.1) is 12.1 Å². The summed E-state index contributed by atoms with van der Waals surface area (Å²) < 4.78 is 0. The minimum atomic E-state index is -0.429. The van der Waals surface area contributed by atoms with Crippen LogP contribution < -0.4 is 10.5 Å². The number of aliphatic hydroxyl groups is 1. The van der Waals surface area contributed by atoms with Gasteiger partial charge in [0.25, 0.3) is 5.56 Å². The summed E-state index contributed by atoms with van der Waals surface area (Å²) in [5.74, 6) is 1.80. The molecule has 5 heteroatoms. The van der Waals surface area contributed by atoms with E-state index in [9.17, 15) is 9.90 Å². The second-order valence-electron chi connectivity index (χ2n) is 5.29. The van der Waals surface area contributed by atoms with Crippen LogP contribution in [0.15, 0.2) is 10.9 Å². The molecule has 0 spiro atoms. The van der Waals surface area contributed by atoms with Crippen molar-refractivity contribution in [1.82, 2.24) is 9.97 Å². The second kappa shape index (κ2) is 4.14. The molecule has 0 saturated heterocycles. The first-order valence-corrected chi connectivity index (χ1v) is 5.90. The van der Waals surface area contributed by atoms with Gasteiger partial charge in [-0.25, -0.2) is 4.98 Å². The van der Waals surface area contributed by atoms with Gasteiger partial charge in [-0.3, -0.25) is 4.79 Å². The zero-order valence-electron chi connectivity index (χ0n) is 10.5. The van der Waals surface area contributed by atoms with E-state index in [0.29, 0.717) is 11.7 Å². The van der Waals surface area contributed by atoms with Gasteiger partial charge in [-0.15, -0.1) is 0 Å². The topological polar surface area (TPSA) is 69.2 Å². The van der Waals surface area contributed by atoms with Crippen molar-refractivity contribution in [2.24, 2.45) is 0 Å². The van der Waals surface area contributed by atoms with Gasteiger partial charge < -0.3 is 15.0 Å². The van der Waals surface area contributed by atoms with Crippen molar-refractivity contribution >= 4 is 5.82 Å². The molecule has 1 fully saturated rings. The fourth-order valence-electron chi connectivity index (χ4n) is 1.60. The van der Waals surface area contributed by atoms with E-state index in [1.54, 1.807) is 0 Å². The molecule has 94 valence electrons. The summed E-state index contributed by atoms with van der Waals surface area (Å²) in [4.78, 5) is 20.7. The molecule has 0 amide bonds. The number of hydrogen-bond acceptors (Lipinski definition) is 4. The molecular formula is C12H19N3O2.